The number of benzene rings is 2. The molecule has 4 nitrogen and oxygen atoms in total. The number of nitrogens with one attached hydrogen (secondary N) is 1. The number of hydrogen-bond donors (Lipinski definition) is 2. The van der Waals surface area contributed by atoms with Crippen molar-refractivity contribution in [2.75, 3.05) is 0 Å². The van der Waals surface area contributed by atoms with Crippen LogP contribution in [0.2, 0.25) is 0 Å². The summed E-state index contributed by atoms with van der Waals surface area (Å²) >= 11 is 0. The van der Waals surface area contributed by atoms with Crippen molar-refractivity contribution in [2.45, 2.75) is 6.04 Å². The Morgan fingerprint density at radius 2 is 1.52 bits per heavy atom. The van der Waals surface area contributed by atoms with E-state index in [0.717, 1.165) is 0 Å². The third kappa shape index (κ3) is 4.22. The molecule has 0 heterocycles. The third-order valence-corrected chi connectivity index (χ3v) is 2.75. The van der Waals surface area contributed by atoms with Crippen LogP contribution in [0.5, 0.6) is 0 Å². The highest BCUT2D eigenvalue weighted by molar-refractivity contribution is 5.96. The van der Waals surface area contributed by atoms with Gasteiger partial charge in [-0.3, -0.25) is 4.79 Å². The lowest BCUT2D eigenvalue weighted by atomic mass is 10.1. The highest BCUT2D eigenvalue weighted by atomic mass is 16.4. The first-order valence-corrected chi connectivity index (χ1v) is 6.32. The van der Waals surface area contributed by atoms with Gasteiger partial charge in [0.1, 0.15) is 0 Å². The Bertz CT molecular complexity index is 684. The largest absolute Gasteiger partial charge is 0.479 e. The lowest BCUT2D eigenvalue weighted by Crippen LogP contribution is -2.32. The van der Waals surface area contributed by atoms with Crippen molar-refractivity contribution in [3.63, 3.8) is 0 Å². The van der Waals surface area contributed by atoms with Gasteiger partial charge < -0.3 is 10.4 Å². The Morgan fingerprint density at radius 3 is 2.10 bits per heavy atom. The number of carboxylic acid groups (broad SMARTS) is 1. The van der Waals surface area contributed by atoms with Gasteiger partial charge in [0.15, 0.2) is 6.04 Å². The molecule has 4 heteroatoms. The zero-order chi connectivity index (χ0) is 15.1. The van der Waals surface area contributed by atoms with Gasteiger partial charge in [-0.25, -0.2) is 4.79 Å². The molecular formula is C17H13NO3. The minimum absolute atomic E-state index is 0.500. The maximum Gasteiger partial charge on any atom is 0.330 e. The molecule has 0 aliphatic heterocycles. The molecule has 0 aliphatic rings. The maximum absolute atomic E-state index is 11.8. The average Bonchev–Trinajstić information content (AvgIpc) is 2.52. The van der Waals surface area contributed by atoms with Crippen molar-refractivity contribution in [3.8, 4) is 11.8 Å². The van der Waals surface area contributed by atoms with Crippen LogP contribution in [0.3, 0.4) is 0 Å². The summed E-state index contributed by atoms with van der Waals surface area (Å²) in [6.07, 6.45) is 0. The molecule has 0 aliphatic carbocycles. The van der Waals surface area contributed by atoms with Crippen LogP contribution >= 0.6 is 0 Å². The summed E-state index contributed by atoms with van der Waals surface area (Å²) in [7, 11) is 0. The molecule has 1 atom stereocenters. The normalized spacial score (nSPS) is 10.9. The number of carbonyl (C=O) groups is 2. The van der Waals surface area contributed by atoms with E-state index >= 15 is 0 Å². The molecule has 0 spiro atoms. The van der Waals surface area contributed by atoms with Crippen LogP contribution in [0, 0.1) is 11.8 Å². The van der Waals surface area contributed by atoms with Gasteiger partial charge in [-0.15, -0.1) is 0 Å². The number of rotatable bonds is 3. The molecule has 2 N–H and O–H groups in total. The second-order valence-electron chi connectivity index (χ2n) is 4.27. The first kappa shape index (κ1) is 14.4. The van der Waals surface area contributed by atoms with E-state index in [0.29, 0.717) is 11.1 Å². The van der Waals surface area contributed by atoms with E-state index in [-0.39, 0.29) is 0 Å². The van der Waals surface area contributed by atoms with Crippen LogP contribution < -0.4 is 5.32 Å². The van der Waals surface area contributed by atoms with Gasteiger partial charge in [0.25, 0.3) is 5.91 Å². The van der Waals surface area contributed by atoms with Crippen LogP contribution in [0.1, 0.15) is 17.2 Å². The number of aliphatic carboxylic acids is 1. The SMILES string of the molecule is O=C(C#Cc1ccccc1)N[C@@H](C(=O)O)c1ccccc1. The molecule has 2 aromatic carbocycles. The summed E-state index contributed by atoms with van der Waals surface area (Å²) in [4.78, 5) is 23.0. The zero-order valence-electron chi connectivity index (χ0n) is 11.1. The van der Waals surface area contributed by atoms with Crippen molar-refractivity contribution in [1.82, 2.24) is 5.32 Å². The van der Waals surface area contributed by atoms with E-state index in [1.54, 1.807) is 42.5 Å². The first-order valence-electron chi connectivity index (χ1n) is 6.32. The fourth-order valence-electron chi connectivity index (χ4n) is 1.75. The molecule has 21 heavy (non-hydrogen) atoms. The minimum Gasteiger partial charge on any atom is -0.479 e. The lowest BCUT2D eigenvalue weighted by molar-refractivity contribution is -0.141. The molecule has 0 saturated heterocycles. The van der Waals surface area contributed by atoms with Crippen LogP contribution in [-0.4, -0.2) is 17.0 Å². The van der Waals surface area contributed by atoms with Gasteiger partial charge in [-0.1, -0.05) is 54.5 Å². The quantitative estimate of drug-likeness (QED) is 0.844. The molecule has 0 radical (unpaired) electrons. The van der Waals surface area contributed by atoms with Crippen LogP contribution in [-0.2, 0) is 9.59 Å². The molecule has 0 bridgehead atoms. The fraction of sp³-hybridized carbons (Fsp3) is 0.0588. The van der Waals surface area contributed by atoms with Gasteiger partial charge in [0.05, 0.1) is 0 Å². The summed E-state index contributed by atoms with van der Waals surface area (Å²) in [6, 6.07) is 16.4. The molecule has 0 saturated carbocycles. The molecule has 0 unspecified atom stereocenters. The molecular weight excluding hydrogens is 266 g/mol. The number of carbonyl (C=O) groups excluding carboxylic acids is 1. The van der Waals surface area contributed by atoms with Crippen molar-refractivity contribution < 1.29 is 14.7 Å². The summed E-state index contributed by atoms with van der Waals surface area (Å²) in [6.45, 7) is 0. The highest BCUT2D eigenvalue weighted by Crippen LogP contribution is 2.12. The van der Waals surface area contributed by atoms with Gasteiger partial charge in [-0.2, -0.15) is 0 Å². The predicted octanol–water partition coefficient (Wildman–Crippen LogP) is 1.98. The van der Waals surface area contributed by atoms with Crippen molar-refractivity contribution >= 4 is 11.9 Å². The zero-order valence-corrected chi connectivity index (χ0v) is 11.1. The monoisotopic (exact) mass is 279 g/mol. The molecule has 0 fully saturated rings. The highest BCUT2D eigenvalue weighted by Gasteiger charge is 2.20. The Labute approximate surface area is 122 Å². The standard InChI is InChI=1S/C17H13NO3/c19-15(12-11-13-7-3-1-4-8-13)18-16(17(20)21)14-9-5-2-6-10-14/h1-10,16H,(H,18,19)(H,20,21)/t16-/m1/s1. The van der Waals surface area contributed by atoms with Crippen molar-refractivity contribution in [1.29, 1.82) is 0 Å². The number of amides is 1. The van der Waals surface area contributed by atoms with Crippen LogP contribution in [0.25, 0.3) is 0 Å². The molecule has 0 aromatic heterocycles. The van der Waals surface area contributed by atoms with Gasteiger partial charge in [0, 0.05) is 11.5 Å². The van der Waals surface area contributed by atoms with Gasteiger partial charge >= 0.3 is 5.97 Å². The second-order valence-corrected chi connectivity index (χ2v) is 4.27. The Morgan fingerprint density at radius 1 is 0.952 bits per heavy atom. The molecule has 1 amide bonds. The van der Waals surface area contributed by atoms with Gasteiger partial charge in [0.2, 0.25) is 0 Å². The Hall–Kier alpha value is -3.06. The first-order chi connectivity index (χ1) is 10.2. The van der Waals surface area contributed by atoms with Crippen molar-refractivity contribution in [2.24, 2.45) is 0 Å². The van der Waals surface area contributed by atoms with E-state index in [4.69, 9.17) is 0 Å². The second kappa shape index (κ2) is 6.92. The van der Waals surface area contributed by atoms with E-state index in [1.165, 1.54) is 0 Å². The summed E-state index contributed by atoms with van der Waals surface area (Å²) in [5.74, 6) is 3.32. The summed E-state index contributed by atoms with van der Waals surface area (Å²) in [5.41, 5.74) is 1.19. The van der Waals surface area contributed by atoms with Crippen LogP contribution in [0.15, 0.2) is 60.7 Å². The summed E-state index contributed by atoms with van der Waals surface area (Å²) < 4.78 is 0. The third-order valence-electron chi connectivity index (χ3n) is 2.75. The van der Waals surface area contributed by atoms with E-state index in [9.17, 15) is 14.7 Å². The number of carboxylic acids is 1. The van der Waals surface area contributed by atoms with E-state index < -0.39 is 17.9 Å². The number of hydrogen-bond acceptors (Lipinski definition) is 2. The fourth-order valence-corrected chi connectivity index (χ4v) is 1.75. The van der Waals surface area contributed by atoms with E-state index in [2.05, 4.69) is 17.2 Å². The van der Waals surface area contributed by atoms with Gasteiger partial charge in [-0.05, 0) is 17.7 Å². The topological polar surface area (TPSA) is 66.4 Å². The summed E-state index contributed by atoms with van der Waals surface area (Å²) in [5, 5.41) is 11.6. The Kier molecular flexibility index (Phi) is 4.73. The minimum atomic E-state index is -1.13. The molecule has 104 valence electrons. The van der Waals surface area contributed by atoms with Crippen LogP contribution in [0.4, 0.5) is 0 Å². The average molecular weight is 279 g/mol. The Balaban J connectivity index is 2.10. The molecule has 2 aromatic rings. The predicted molar refractivity (Wildman–Crippen MR) is 78.3 cm³/mol. The smallest absolute Gasteiger partial charge is 0.330 e. The molecule has 2 rings (SSSR count). The lowest BCUT2D eigenvalue weighted by Gasteiger charge is -2.12. The maximum atomic E-state index is 11.8. The van der Waals surface area contributed by atoms with Crippen molar-refractivity contribution in [3.05, 3.63) is 71.8 Å². The van der Waals surface area contributed by atoms with E-state index in [1.807, 2.05) is 18.2 Å².